The maximum Gasteiger partial charge on any atom is 0.213 e. The van der Waals surface area contributed by atoms with Gasteiger partial charge in [0.15, 0.2) is 0 Å². The molecular formula is C59H115N23OS3. The Morgan fingerprint density at radius 3 is 1.02 bits per heavy atom. The molecule has 5 N–H and O–H groups in total. The van der Waals surface area contributed by atoms with Crippen LogP contribution in [-0.4, -0.2) is 115 Å². The van der Waals surface area contributed by atoms with Gasteiger partial charge in [0.2, 0.25) is 11.8 Å². The van der Waals surface area contributed by atoms with Gasteiger partial charge in [0.1, 0.15) is 47.0 Å². The largest absolute Gasteiger partial charge is 0.426 e. The molecule has 0 saturated heterocycles. The van der Waals surface area contributed by atoms with Crippen molar-refractivity contribution >= 4 is 34.4 Å². The molecule has 0 aromatic carbocycles. The summed E-state index contributed by atoms with van der Waals surface area (Å²) in [7, 11) is 3.76. The van der Waals surface area contributed by atoms with Crippen LogP contribution in [0.25, 0.3) is 0 Å². The zero-order chi connectivity index (χ0) is 68.2. The lowest BCUT2D eigenvalue weighted by molar-refractivity contribution is 0.489. The summed E-state index contributed by atoms with van der Waals surface area (Å²) in [6, 6.07) is 7.71. The van der Waals surface area contributed by atoms with Gasteiger partial charge in [0, 0.05) is 93.0 Å². The number of aromatic nitrogens is 23. The van der Waals surface area contributed by atoms with E-state index in [0.717, 1.165) is 33.1 Å². The number of nitrogens with one attached hydrogen (secondary N) is 5. The Bertz CT molecular complexity index is 2060. The zero-order valence-corrected chi connectivity index (χ0v) is 60.9. The van der Waals surface area contributed by atoms with E-state index in [4.69, 9.17) is 4.42 Å². The second-order valence-electron chi connectivity index (χ2n) is 13.2. The van der Waals surface area contributed by atoms with E-state index in [1.807, 2.05) is 249 Å². The van der Waals surface area contributed by atoms with Crippen LogP contribution in [-0.2, 0) is 14.1 Å². The Balaban J connectivity index is -0.000000106. The van der Waals surface area contributed by atoms with Crippen LogP contribution < -0.4 is 0 Å². The fourth-order valence-corrected chi connectivity index (χ4v) is 4.94. The third-order valence-electron chi connectivity index (χ3n) is 6.53. The Morgan fingerprint density at radius 2 is 0.919 bits per heavy atom. The summed E-state index contributed by atoms with van der Waals surface area (Å²) in [5, 5.41) is 61.5. The van der Waals surface area contributed by atoms with Crippen molar-refractivity contribution in [1.29, 1.82) is 0 Å². The van der Waals surface area contributed by atoms with E-state index in [2.05, 4.69) is 105 Å². The van der Waals surface area contributed by atoms with Crippen LogP contribution in [0.5, 0.6) is 0 Å². The molecule has 0 spiro atoms. The van der Waals surface area contributed by atoms with Gasteiger partial charge in [0.05, 0.1) is 6.20 Å². The van der Waals surface area contributed by atoms with E-state index >= 15 is 0 Å². The molecule has 0 bridgehead atoms. The number of hydrogen-bond acceptors (Lipinski definition) is 20. The number of hydrogen-bond donors (Lipinski definition) is 5. The van der Waals surface area contributed by atoms with Crippen molar-refractivity contribution in [3.8, 4) is 0 Å². The molecule has 11 rings (SSSR count). The molecule has 0 saturated carbocycles. The molecule has 0 radical (unpaired) electrons. The summed E-state index contributed by atoms with van der Waals surface area (Å²) < 4.78 is 16.1. The van der Waals surface area contributed by atoms with Crippen LogP contribution in [0.2, 0.25) is 0 Å². The van der Waals surface area contributed by atoms with E-state index in [-0.39, 0.29) is 0 Å². The second kappa shape index (κ2) is 83.7. The van der Waals surface area contributed by atoms with Gasteiger partial charge in [-0.2, -0.15) is 30.6 Å². The van der Waals surface area contributed by atoms with Crippen molar-refractivity contribution in [2.75, 3.05) is 0 Å². The van der Waals surface area contributed by atoms with Gasteiger partial charge in [0.25, 0.3) is 0 Å². The Kier molecular flexibility index (Phi) is 94.7. The Hall–Kier alpha value is -7.78. The van der Waals surface area contributed by atoms with Gasteiger partial charge >= 0.3 is 0 Å². The van der Waals surface area contributed by atoms with E-state index in [9.17, 15) is 0 Å². The first kappa shape index (κ1) is 97.3. The average molecular weight is 1260 g/mol. The van der Waals surface area contributed by atoms with Crippen LogP contribution in [0, 0.1) is 76.2 Å². The summed E-state index contributed by atoms with van der Waals surface area (Å²) in [4.78, 5) is 8.77. The highest BCUT2D eigenvalue weighted by atomic mass is 32.1. The quantitative estimate of drug-likeness (QED) is 0.0942. The Morgan fingerprint density at radius 1 is 0.465 bits per heavy atom. The maximum atomic E-state index is 4.86. The molecule has 0 atom stereocenters. The first-order valence-electron chi connectivity index (χ1n) is 29.1. The minimum atomic E-state index is 0.623. The highest BCUT2D eigenvalue weighted by molar-refractivity contribution is 7.11. The molecule has 0 unspecified atom stereocenters. The lowest BCUT2D eigenvalue weighted by Gasteiger charge is -1.77. The summed E-state index contributed by atoms with van der Waals surface area (Å²) in [6.45, 7) is 57.1. The van der Waals surface area contributed by atoms with Gasteiger partial charge in [-0.15, -0.1) is 41.9 Å². The summed E-state index contributed by atoms with van der Waals surface area (Å²) in [6.07, 6.45) is 20.6. The van der Waals surface area contributed by atoms with Gasteiger partial charge in [-0.1, -0.05) is 125 Å². The summed E-state index contributed by atoms with van der Waals surface area (Å²) in [5.41, 5.74) is 4.64. The van der Waals surface area contributed by atoms with Crippen LogP contribution in [0.15, 0.2) is 109 Å². The second-order valence-corrected chi connectivity index (χ2v) is 16.3. The van der Waals surface area contributed by atoms with E-state index in [1.165, 1.54) is 51.7 Å². The number of aromatic amines is 5. The fourth-order valence-electron chi connectivity index (χ4n) is 3.42. The third kappa shape index (κ3) is 80.4. The topological polar surface area (TPSA) is 308 Å². The number of aryl methyl sites for hydroxylation is 13. The number of nitrogens with zero attached hydrogens (tertiary/aromatic N) is 18. The SMILES string of the molecule is CC.CC.CC.CC.CC.CC.CC.CC.CC.Cc1ccn[nH]1.Cc1ccn[nH]1.Cc1ccns1.Cc1cn[nH]c1.Cc1cnsc1.Cc1ncn[nH]1.Cc1ncn[nH]1.Cc1nnc(C)o1.Cc1nnc(C)s1.Cn1cccn1.Cn1cnnc1. The zero-order valence-electron chi connectivity index (χ0n) is 58.5. The van der Waals surface area contributed by atoms with Gasteiger partial charge in [-0.3, -0.25) is 30.2 Å². The van der Waals surface area contributed by atoms with E-state index in [0.29, 0.717) is 11.8 Å². The van der Waals surface area contributed by atoms with Crippen LogP contribution >= 0.6 is 34.4 Å². The predicted octanol–water partition coefficient (Wildman–Crippen LogP) is 16.6. The molecule has 0 amide bonds. The molecule has 490 valence electrons. The first-order valence-corrected chi connectivity index (χ1v) is 31.6. The molecule has 11 aromatic rings. The lowest BCUT2D eigenvalue weighted by Crippen LogP contribution is -1.83. The van der Waals surface area contributed by atoms with E-state index < -0.39 is 0 Å². The number of H-pyrrole nitrogens is 5. The monoisotopic (exact) mass is 1260 g/mol. The van der Waals surface area contributed by atoms with Crippen LogP contribution in [0.4, 0.5) is 0 Å². The molecule has 0 fully saturated rings. The van der Waals surface area contributed by atoms with Gasteiger partial charge in [-0.25, -0.2) is 18.7 Å². The minimum absolute atomic E-state index is 0.623. The Labute approximate surface area is 531 Å². The van der Waals surface area contributed by atoms with Crippen LogP contribution in [0.3, 0.4) is 0 Å². The molecule has 0 aliphatic carbocycles. The normalized spacial score (nSPS) is 7.71. The summed E-state index contributed by atoms with van der Waals surface area (Å²) in [5.74, 6) is 2.96. The molecule has 86 heavy (non-hydrogen) atoms. The number of rotatable bonds is 0. The third-order valence-corrected chi connectivity index (χ3v) is 8.64. The fraction of sp³-hybridized carbons (Fsp3) is 0.525. The van der Waals surface area contributed by atoms with Crippen molar-refractivity contribution in [1.82, 2.24) is 115 Å². The van der Waals surface area contributed by atoms with Gasteiger partial charge < -0.3 is 8.98 Å². The molecule has 11 aromatic heterocycles. The maximum absolute atomic E-state index is 4.86. The molecule has 0 aliphatic rings. The molecule has 27 heteroatoms. The summed E-state index contributed by atoms with van der Waals surface area (Å²) >= 11 is 4.64. The van der Waals surface area contributed by atoms with Crippen molar-refractivity contribution < 1.29 is 4.42 Å². The molecule has 0 aliphatic heterocycles. The smallest absolute Gasteiger partial charge is 0.213 e. The van der Waals surface area contributed by atoms with Crippen molar-refractivity contribution in [3.05, 3.63) is 165 Å². The standard InChI is InChI=1S/C4H6N2O.C4H6N2S.4C4H6N2.2C4H5NS.3C3H5N3.9C2H6/c2*1-3-5-6-4(2)7-3;1-4-2-5-6-3-4;1-6-4-2-3-5-6;2*1-4-2-3-5-6-4;1-4-2-5-6-3-4;1-4-2-3-5-6-4;1-6-2-4-5-3-6;2*1-3-4-2-5-6-3;9*1-2/h2*1-2H3;2-3H,1H3,(H,5,6);2-4H,1H3;2*2-3H,1H3,(H,5,6);3*2-3H,1H3;2*2H,1H3,(H,4,5,6);9*1-2H3. The average Bonchev–Trinajstić information content (AvgIpc) is 4.36. The van der Waals surface area contributed by atoms with Gasteiger partial charge in [-0.05, 0) is 121 Å². The van der Waals surface area contributed by atoms with Crippen molar-refractivity contribution in [3.63, 3.8) is 0 Å². The van der Waals surface area contributed by atoms with Crippen molar-refractivity contribution in [2.45, 2.75) is 201 Å². The highest BCUT2D eigenvalue weighted by Gasteiger charge is 1.90. The molecule has 11 heterocycles. The molecular weight excluding hydrogens is 1140 g/mol. The van der Waals surface area contributed by atoms with Crippen molar-refractivity contribution in [2.24, 2.45) is 14.1 Å². The van der Waals surface area contributed by atoms with E-state index in [1.54, 1.807) is 78.1 Å². The first-order chi connectivity index (χ1) is 41.6. The minimum Gasteiger partial charge on any atom is -0.426 e. The van der Waals surface area contributed by atoms with Crippen LogP contribution in [0.1, 0.15) is 185 Å². The highest BCUT2D eigenvalue weighted by Crippen LogP contribution is 2.04. The lowest BCUT2D eigenvalue weighted by atomic mass is 10.4. The predicted molar refractivity (Wildman–Crippen MR) is 365 cm³/mol. The molecule has 24 nitrogen and oxygen atoms in total.